The lowest BCUT2D eigenvalue weighted by Gasteiger charge is -2.12. The lowest BCUT2D eigenvalue weighted by atomic mass is 9.93. The van der Waals surface area contributed by atoms with Crippen LogP contribution in [0.25, 0.3) is 88.1 Å². The van der Waals surface area contributed by atoms with Crippen molar-refractivity contribution in [2.24, 2.45) is 0 Å². The van der Waals surface area contributed by atoms with Crippen molar-refractivity contribution in [3.05, 3.63) is 152 Å². The van der Waals surface area contributed by atoms with Crippen LogP contribution >= 0.6 is 11.3 Å². The zero-order valence-electron chi connectivity index (χ0n) is 24.2. The van der Waals surface area contributed by atoms with Crippen LogP contribution in [0.1, 0.15) is 0 Å². The van der Waals surface area contributed by atoms with E-state index in [9.17, 15) is 0 Å². The Morgan fingerprint density at radius 2 is 0.800 bits per heavy atom. The quantitative estimate of drug-likeness (QED) is 0.204. The van der Waals surface area contributed by atoms with E-state index in [4.69, 9.17) is 15.0 Å². The molecule has 6 aromatic carbocycles. The highest BCUT2D eigenvalue weighted by Crippen LogP contribution is 2.54. The topological polar surface area (TPSA) is 38.7 Å². The van der Waals surface area contributed by atoms with Crippen molar-refractivity contribution in [1.82, 2.24) is 15.0 Å². The summed E-state index contributed by atoms with van der Waals surface area (Å²) >= 11 is 1.85. The Balaban J connectivity index is 1.27. The number of hydrogen-bond donors (Lipinski definition) is 0. The van der Waals surface area contributed by atoms with E-state index in [1.54, 1.807) is 0 Å². The van der Waals surface area contributed by atoms with E-state index in [-0.39, 0.29) is 0 Å². The molecule has 8 aromatic rings. The van der Waals surface area contributed by atoms with Gasteiger partial charge >= 0.3 is 0 Å². The molecular weight excluding hydrogens is 567 g/mol. The number of hydrogen-bond acceptors (Lipinski definition) is 4. The predicted octanol–water partition coefficient (Wildman–Crippen LogP) is 11.1. The number of benzene rings is 6. The molecule has 1 aliphatic rings. The Labute approximate surface area is 265 Å². The molecule has 45 heavy (non-hydrogen) atoms. The minimum absolute atomic E-state index is 0.657. The summed E-state index contributed by atoms with van der Waals surface area (Å²) in [5.74, 6) is 1.98. The van der Waals surface area contributed by atoms with Gasteiger partial charge in [-0.25, -0.2) is 15.0 Å². The highest BCUT2D eigenvalue weighted by Gasteiger charge is 2.26. The predicted molar refractivity (Wildman–Crippen MR) is 187 cm³/mol. The maximum Gasteiger partial charge on any atom is 0.164 e. The largest absolute Gasteiger partial charge is 0.208 e. The normalized spacial score (nSPS) is 11.6. The first kappa shape index (κ1) is 25.8. The minimum atomic E-state index is 0.657. The molecule has 0 spiro atoms. The van der Waals surface area contributed by atoms with Gasteiger partial charge in [0.2, 0.25) is 0 Å². The maximum absolute atomic E-state index is 5.00. The standard InChI is InChI=1S/C41H25N3S/c1-3-13-26(14-4-1)39-42-40(27-15-5-2-6-16-27)44-41(43-39)29-18-11-17-28(25-29)38-37-34-22-10-9-21-32(34)30-19-7-8-20-31(30)33-23-12-24-35(45-38)36(33)37/h1-25H. The summed E-state index contributed by atoms with van der Waals surface area (Å²) in [6, 6.07) is 53.2. The van der Waals surface area contributed by atoms with Crippen LogP contribution in [0.15, 0.2) is 152 Å². The molecule has 4 heteroatoms. The number of nitrogens with zero attached hydrogens (tertiary/aromatic N) is 3. The third-order valence-electron chi connectivity index (χ3n) is 8.50. The van der Waals surface area contributed by atoms with Crippen molar-refractivity contribution in [3.63, 3.8) is 0 Å². The van der Waals surface area contributed by atoms with E-state index in [0.29, 0.717) is 17.5 Å². The fourth-order valence-electron chi connectivity index (χ4n) is 6.46. The van der Waals surface area contributed by atoms with E-state index < -0.39 is 0 Å². The summed E-state index contributed by atoms with van der Waals surface area (Å²) in [7, 11) is 0. The van der Waals surface area contributed by atoms with Gasteiger partial charge in [0.05, 0.1) is 0 Å². The molecule has 0 amide bonds. The summed E-state index contributed by atoms with van der Waals surface area (Å²) in [6.07, 6.45) is 0. The molecule has 2 aromatic heterocycles. The molecule has 0 bridgehead atoms. The molecule has 2 heterocycles. The van der Waals surface area contributed by atoms with Crippen LogP contribution in [0.3, 0.4) is 0 Å². The van der Waals surface area contributed by atoms with Gasteiger partial charge in [-0.1, -0.05) is 140 Å². The molecule has 0 fully saturated rings. The first-order chi connectivity index (χ1) is 22.3. The summed E-state index contributed by atoms with van der Waals surface area (Å²) in [4.78, 5) is 16.1. The average molecular weight is 592 g/mol. The molecule has 0 radical (unpaired) electrons. The van der Waals surface area contributed by atoms with Gasteiger partial charge in [-0.05, 0) is 45.5 Å². The van der Waals surface area contributed by atoms with Crippen molar-refractivity contribution in [2.45, 2.75) is 0 Å². The van der Waals surface area contributed by atoms with Gasteiger partial charge < -0.3 is 0 Å². The molecule has 0 atom stereocenters. The summed E-state index contributed by atoms with van der Waals surface area (Å²) < 4.78 is 1.28. The van der Waals surface area contributed by atoms with Crippen LogP contribution in [0.4, 0.5) is 0 Å². The van der Waals surface area contributed by atoms with Crippen LogP contribution in [0.2, 0.25) is 0 Å². The molecule has 210 valence electrons. The second-order valence-corrected chi connectivity index (χ2v) is 12.2. The molecule has 0 unspecified atom stereocenters. The van der Waals surface area contributed by atoms with Crippen molar-refractivity contribution in [2.75, 3.05) is 0 Å². The number of aromatic nitrogens is 3. The summed E-state index contributed by atoms with van der Waals surface area (Å²) in [6.45, 7) is 0. The number of fused-ring (bicyclic) bond motifs is 5. The highest BCUT2D eigenvalue weighted by atomic mass is 32.1. The van der Waals surface area contributed by atoms with Crippen LogP contribution in [-0.4, -0.2) is 15.0 Å². The Morgan fingerprint density at radius 1 is 0.356 bits per heavy atom. The molecule has 1 aliphatic carbocycles. The Morgan fingerprint density at radius 3 is 1.44 bits per heavy atom. The van der Waals surface area contributed by atoms with Gasteiger partial charge in [-0.3, -0.25) is 0 Å². The third kappa shape index (κ3) is 4.30. The number of rotatable bonds is 4. The van der Waals surface area contributed by atoms with E-state index in [2.05, 4.69) is 91.0 Å². The van der Waals surface area contributed by atoms with Crippen LogP contribution in [0.5, 0.6) is 0 Å². The average Bonchev–Trinajstić information content (AvgIpc) is 3.46. The molecule has 0 saturated heterocycles. The minimum Gasteiger partial charge on any atom is -0.208 e. The molecule has 0 saturated carbocycles. The van der Waals surface area contributed by atoms with E-state index in [1.165, 1.54) is 48.3 Å². The van der Waals surface area contributed by atoms with Crippen LogP contribution in [0, 0.1) is 0 Å². The third-order valence-corrected chi connectivity index (χ3v) is 9.71. The fraction of sp³-hybridized carbons (Fsp3) is 0. The summed E-state index contributed by atoms with van der Waals surface area (Å²) in [5.41, 5.74) is 11.7. The highest BCUT2D eigenvalue weighted by molar-refractivity contribution is 7.23. The van der Waals surface area contributed by atoms with Crippen LogP contribution in [-0.2, 0) is 0 Å². The zero-order valence-corrected chi connectivity index (χ0v) is 25.0. The summed E-state index contributed by atoms with van der Waals surface area (Å²) in [5, 5.41) is 1.32. The zero-order chi connectivity index (χ0) is 29.7. The van der Waals surface area contributed by atoms with Gasteiger partial charge in [0.1, 0.15) is 0 Å². The van der Waals surface area contributed by atoms with Gasteiger partial charge in [-0.15, -0.1) is 11.3 Å². The molecule has 0 aliphatic heterocycles. The molecule has 3 nitrogen and oxygen atoms in total. The van der Waals surface area contributed by atoms with Crippen molar-refractivity contribution < 1.29 is 0 Å². The van der Waals surface area contributed by atoms with E-state index >= 15 is 0 Å². The fourth-order valence-corrected chi connectivity index (χ4v) is 7.70. The smallest absolute Gasteiger partial charge is 0.164 e. The van der Waals surface area contributed by atoms with Gasteiger partial charge in [0, 0.05) is 37.2 Å². The Kier molecular flexibility index (Phi) is 6.00. The Hall–Kier alpha value is -5.71. The maximum atomic E-state index is 5.00. The van der Waals surface area contributed by atoms with Crippen molar-refractivity contribution >= 4 is 21.4 Å². The first-order valence-corrected chi connectivity index (χ1v) is 15.9. The molecule has 0 N–H and O–H groups in total. The lowest BCUT2D eigenvalue weighted by molar-refractivity contribution is 1.07. The SMILES string of the molecule is c1ccc(-c2nc(-c3ccccc3)nc(-c3cccc(-c4sc5cccc6c5c4-c4ccccc4-c4ccccc4-6)c3)n2)cc1. The van der Waals surface area contributed by atoms with Crippen LogP contribution < -0.4 is 0 Å². The number of thiophene rings is 1. The van der Waals surface area contributed by atoms with E-state index in [0.717, 1.165) is 22.3 Å². The molecular formula is C41H25N3S. The first-order valence-electron chi connectivity index (χ1n) is 15.0. The molecule has 9 rings (SSSR count). The second kappa shape index (κ2) is 10.5. The van der Waals surface area contributed by atoms with Gasteiger partial charge in [0.15, 0.2) is 17.5 Å². The van der Waals surface area contributed by atoms with Gasteiger partial charge in [0.25, 0.3) is 0 Å². The van der Waals surface area contributed by atoms with Crippen molar-refractivity contribution in [1.29, 1.82) is 0 Å². The lowest BCUT2D eigenvalue weighted by Crippen LogP contribution is -2.00. The van der Waals surface area contributed by atoms with Gasteiger partial charge in [-0.2, -0.15) is 0 Å². The van der Waals surface area contributed by atoms with E-state index in [1.807, 2.05) is 72.0 Å². The Bertz CT molecular complexity index is 2320. The monoisotopic (exact) mass is 591 g/mol. The second-order valence-electron chi connectivity index (χ2n) is 11.2. The van der Waals surface area contributed by atoms with Crippen molar-refractivity contribution in [3.8, 4) is 78.0 Å².